The van der Waals surface area contributed by atoms with E-state index in [9.17, 15) is 13.6 Å². The molecule has 4 rings (SSSR count). The molecule has 1 fully saturated rings. The number of hydrogen-bond donors (Lipinski definition) is 0. The molecule has 2 aromatic rings. The number of fused-ring (bicyclic) bond motifs is 1. The number of ether oxygens (including phenoxy) is 3. The van der Waals surface area contributed by atoms with Crippen LogP contribution in [0.3, 0.4) is 0 Å². The lowest BCUT2D eigenvalue weighted by Gasteiger charge is -2.22. The first-order valence-electron chi connectivity index (χ1n) is 17.9. The van der Waals surface area contributed by atoms with Crippen LogP contribution in [0.5, 0.6) is 11.5 Å². The Balaban J connectivity index is 0.000000360. The van der Waals surface area contributed by atoms with E-state index in [0.29, 0.717) is 42.4 Å². The molecule has 0 aliphatic carbocycles. The Morgan fingerprint density at radius 2 is 1.71 bits per heavy atom. The van der Waals surface area contributed by atoms with Crippen LogP contribution in [0.25, 0.3) is 0 Å². The van der Waals surface area contributed by atoms with E-state index in [1.165, 1.54) is 31.1 Å². The van der Waals surface area contributed by atoms with Crippen LogP contribution in [0.2, 0.25) is 0 Å². The molecule has 0 radical (unpaired) electrons. The standard InChI is InChI=1S/C22H25F2NO4.C17H28.C2H6/c1-3-5-18(27-4-2)10-16(23)9-17-8-15(13-25(17)6-7-26)19-11-21-22(12-20(19)24)29-14-28-21;1-6-13(4)14(5)12-17-15(7-2)10-9-11-16(17)8-3;1-2/h3,5,7,10-12,15,17H,1,4,6,8-9,13-14H2,2H3;9-11,13-14H,6-8,12H2,1-5H3;1-2H3/b16-10+,18-5+;;/t15-,17-;;/m1../s1. The van der Waals surface area contributed by atoms with Crippen molar-refractivity contribution in [2.75, 3.05) is 26.5 Å². The van der Waals surface area contributed by atoms with Gasteiger partial charge in [-0.05, 0) is 78.8 Å². The normalized spacial score (nSPS) is 18.6. The lowest BCUT2D eigenvalue weighted by atomic mass is 9.84. The summed E-state index contributed by atoms with van der Waals surface area (Å²) in [6.45, 7) is 22.1. The Kier molecular flexibility index (Phi) is 18.2. The maximum Gasteiger partial charge on any atom is 0.231 e. The number of allylic oxidation sites excluding steroid dienone is 3. The van der Waals surface area contributed by atoms with Crippen molar-refractivity contribution >= 4 is 6.29 Å². The number of aryl methyl sites for hydroxylation is 2. The SMILES string of the molecule is C=C/C=C(\C=C(\F)C[C@H]1C[C@@H](c2cc3c(cc2F)OCO3)CN1CC=O)OCC.CC.CCc1cccc(CC)c1CC(C)C(C)CC. The number of carbonyl (C=O) groups excluding carboxylic acids is 1. The first-order chi connectivity index (χ1) is 23.2. The molecule has 48 heavy (non-hydrogen) atoms. The number of nitrogens with zero attached hydrogens (tertiary/aromatic N) is 1. The zero-order valence-electron chi connectivity index (χ0n) is 30.6. The molecule has 7 heteroatoms. The number of halogens is 2. The van der Waals surface area contributed by atoms with Gasteiger partial charge in [-0.15, -0.1) is 0 Å². The van der Waals surface area contributed by atoms with Gasteiger partial charge in [-0.1, -0.05) is 85.7 Å². The van der Waals surface area contributed by atoms with Crippen molar-refractivity contribution in [2.45, 2.75) is 106 Å². The summed E-state index contributed by atoms with van der Waals surface area (Å²) in [5.41, 5.74) is 5.24. The number of rotatable bonds is 15. The summed E-state index contributed by atoms with van der Waals surface area (Å²) in [7, 11) is 0. The third-order valence-electron chi connectivity index (χ3n) is 9.36. The Morgan fingerprint density at radius 1 is 1.06 bits per heavy atom. The van der Waals surface area contributed by atoms with E-state index in [0.717, 1.165) is 31.0 Å². The fourth-order valence-electron chi connectivity index (χ4n) is 6.38. The van der Waals surface area contributed by atoms with Crippen LogP contribution >= 0.6 is 0 Å². The second kappa shape index (κ2) is 21.5. The summed E-state index contributed by atoms with van der Waals surface area (Å²) >= 11 is 0. The predicted octanol–water partition coefficient (Wildman–Crippen LogP) is 10.3. The molecule has 1 saturated heterocycles. The highest BCUT2D eigenvalue weighted by molar-refractivity contribution is 5.52. The second-order valence-corrected chi connectivity index (χ2v) is 12.3. The third-order valence-corrected chi connectivity index (χ3v) is 9.36. The van der Waals surface area contributed by atoms with Crippen molar-refractivity contribution in [1.82, 2.24) is 4.90 Å². The van der Waals surface area contributed by atoms with E-state index in [1.807, 2.05) is 25.7 Å². The molecule has 0 aromatic heterocycles. The average Bonchev–Trinajstić information content (AvgIpc) is 3.71. The summed E-state index contributed by atoms with van der Waals surface area (Å²) < 4.78 is 45.2. The predicted molar refractivity (Wildman–Crippen MR) is 194 cm³/mol. The van der Waals surface area contributed by atoms with Crippen LogP contribution in [0.4, 0.5) is 8.78 Å². The molecule has 2 aliphatic heterocycles. The highest BCUT2D eigenvalue weighted by Gasteiger charge is 2.35. The average molecular weight is 668 g/mol. The van der Waals surface area contributed by atoms with E-state index in [1.54, 1.807) is 28.8 Å². The molecule has 0 amide bonds. The maximum atomic E-state index is 14.6. The van der Waals surface area contributed by atoms with Gasteiger partial charge in [0.2, 0.25) is 6.79 Å². The summed E-state index contributed by atoms with van der Waals surface area (Å²) in [5.74, 6) is 1.98. The Morgan fingerprint density at radius 3 is 2.27 bits per heavy atom. The quantitative estimate of drug-likeness (QED) is 0.107. The number of likely N-dealkylation sites (tertiary alicyclic amines) is 1. The lowest BCUT2D eigenvalue weighted by Crippen LogP contribution is -2.31. The summed E-state index contributed by atoms with van der Waals surface area (Å²) in [4.78, 5) is 13.0. The first kappa shape index (κ1) is 40.7. The van der Waals surface area contributed by atoms with Gasteiger partial charge in [-0.25, -0.2) is 8.78 Å². The van der Waals surface area contributed by atoms with Crippen LogP contribution in [-0.4, -0.2) is 43.7 Å². The maximum absolute atomic E-state index is 14.6. The molecule has 4 atom stereocenters. The number of carbonyl (C=O) groups is 1. The van der Waals surface area contributed by atoms with E-state index in [2.05, 4.69) is 59.4 Å². The molecule has 0 N–H and O–H groups in total. The van der Waals surface area contributed by atoms with Crippen LogP contribution in [-0.2, 0) is 28.8 Å². The van der Waals surface area contributed by atoms with E-state index in [-0.39, 0.29) is 43.4 Å². The van der Waals surface area contributed by atoms with Crippen molar-refractivity contribution in [3.63, 3.8) is 0 Å². The Labute approximate surface area is 289 Å². The Hall–Kier alpha value is -3.45. The van der Waals surface area contributed by atoms with Gasteiger partial charge in [0.15, 0.2) is 11.5 Å². The molecule has 2 heterocycles. The number of aldehydes is 1. The van der Waals surface area contributed by atoms with E-state index < -0.39 is 0 Å². The third kappa shape index (κ3) is 11.6. The largest absolute Gasteiger partial charge is 0.494 e. The van der Waals surface area contributed by atoms with Crippen LogP contribution < -0.4 is 9.47 Å². The molecule has 266 valence electrons. The van der Waals surface area contributed by atoms with Gasteiger partial charge in [-0.3, -0.25) is 4.90 Å². The second-order valence-electron chi connectivity index (χ2n) is 12.3. The summed E-state index contributed by atoms with van der Waals surface area (Å²) in [6.07, 6.45) is 10.7. The Bertz CT molecular complexity index is 1330. The smallest absolute Gasteiger partial charge is 0.231 e. The summed E-state index contributed by atoms with van der Waals surface area (Å²) in [5, 5.41) is 0. The summed E-state index contributed by atoms with van der Waals surface area (Å²) in [6, 6.07) is 9.57. The number of hydrogen-bond acceptors (Lipinski definition) is 5. The molecule has 2 aromatic carbocycles. The van der Waals surface area contributed by atoms with Gasteiger partial charge in [-0.2, -0.15) is 0 Å². The van der Waals surface area contributed by atoms with Gasteiger partial charge < -0.3 is 19.0 Å². The van der Waals surface area contributed by atoms with Crippen molar-refractivity contribution in [2.24, 2.45) is 11.8 Å². The minimum Gasteiger partial charge on any atom is -0.494 e. The van der Waals surface area contributed by atoms with Crippen molar-refractivity contribution < 1.29 is 27.8 Å². The highest BCUT2D eigenvalue weighted by Crippen LogP contribution is 2.41. The number of benzene rings is 2. The van der Waals surface area contributed by atoms with Gasteiger partial charge in [0.25, 0.3) is 0 Å². The molecule has 0 saturated carbocycles. The molecule has 0 spiro atoms. The van der Waals surface area contributed by atoms with Crippen molar-refractivity contribution in [3.8, 4) is 11.5 Å². The first-order valence-corrected chi connectivity index (χ1v) is 17.9. The van der Waals surface area contributed by atoms with Gasteiger partial charge in [0.1, 0.15) is 23.7 Å². The monoisotopic (exact) mass is 667 g/mol. The molecular weight excluding hydrogens is 608 g/mol. The van der Waals surface area contributed by atoms with E-state index in [4.69, 9.17) is 14.2 Å². The zero-order chi connectivity index (χ0) is 35.6. The fraction of sp³-hybridized carbons (Fsp3) is 0.537. The minimum atomic E-state index is -0.380. The van der Waals surface area contributed by atoms with Crippen LogP contribution in [0, 0.1) is 17.7 Å². The molecule has 5 nitrogen and oxygen atoms in total. The topological polar surface area (TPSA) is 48.0 Å². The molecule has 2 aliphatic rings. The van der Waals surface area contributed by atoms with E-state index >= 15 is 0 Å². The van der Waals surface area contributed by atoms with Crippen molar-refractivity contribution in [3.05, 3.63) is 94.8 Å². The van der Waals surface area contributed by atoms with Crippen LogP contribution in [0.15, 0.2) is 66.7 Å². The van der Waals surface area contributed by atoms with Gasteiger partial charge in [0, 0.05) is 37.1 Å². The highest BCUT2D eigenvalue weighted by atomic mass is 19.1. The van der Waals surface area contributed by atoms with Gasteiger partial charge >= 0.3 is 0 Å². The van der Waals surface area contributed by atoms with Crippen molar-refractivity contribution in [1.29, 1.82) is 0 Å². The zero-order valence-corrected chi connectivity index (χ0v) is 30.6. The lowest BCUT2D eigenvalue weighted by molar-refractivity contribution is -0.109. The minimum absolute atomic E-state index is 0.0686. The van der Waals surface area contributed by atoms with Gasteiger partial charge in [0.05, 0.1) is 13.2 Å². The van der Waals surface area contributed by atoms with Crippen LogP contribution in [0.1, 0.15) is 103 Å². The molecule has 2 unspecified atom stereocenters. The molecular formula is C41H59F2NO4. The fourth-order valence-corrected chi connectivity index (χ4v) is 6.38. The molecule has 0 bridgehead atoms.